The molecule has 0 radical (unpaired) electrons. The number of rotatable bonds is 4. The average Bonchev–Trinajstić information content (AvgIpc) is 2.20. The van der Waals surface area contributed by atoms with Gasteiger partial charge in [0.1, 0.15) is 5.75 Å². The van der Waals surface area contributed by atoms with Crippen LogP contribution in [-0.2, 0) is 4.79 Å². The van der Waals surface area contributed by atoms with Crippen molar-refractivity contribution in [3.63, 3.8) is 0 Å². The van der Waals surface area contributed by atoms with Gasteiger partial charge in [0.2, 0.25) is 5.91 Å². The lowest BCUT2D eigenvalue weighted by molar-refractivity contribution is -0.115. The van der Waals surface area contributed by atoms with Gasteiger partial charge in [0.05, 0.1) is 6.54 Å². The van der Waals surface area contributed by atoms with Crippen molar-refractivity contribution in [2.75, 3.05) is 18.4 Å². The smallest absolute Gasteiger partial charge is 0.238 e. The van der Waals surface area contributed by atoms with Gasteiger partial charge in [-0.2, -0.15) is 0 Å². The van der Waals surface area contributed by atoms with E-state index in [1.54, 1.807) is 12.1 Å². The number of phenolic OH excluding ortho intramolecular Hbond substituents is 1. The average molecular weight is 222 g/mol. The number of hydrogen-bond donors (Lipinski definition) is 3. The van der Waals surface area contributed by atoms with Gasteiger partial charge >= 0.3 is 0 Å². The quantitative estimate of drug-likeness (QED) is 0.677. The largest absolute Gasteiger partial charge is 0.508 e. The van der Waals surface area contributed by atoms with Crippen molar-refractivity contribution in [3.8, 4) is 5.75 Å². The van der Waals surface area contributed by atoms with Gasteiger partial charge in [0.25, 0.3) is 0 Å². The second kappa shape index (κ2) is 5.51. The number of aromatic hydroxyl groups is 1. The van der Waals surface area contributed by atoms with Gasteiger partial charge < -0.3 is 15.7 Å². The SMILES string of the molecule is CCNCC(=O)Nc1c(C)cc(O)cc1C. The monoisotopic (exact) mass is 222 g/mol. The molecule has 0 atom stereocenters. The Kier molecular flexibility index (Phi) is 4.31. The summed E-state index contributed by atoms with van der Waals surface area (Å²) in [7, 11) is 0. The van der Waals surface area contributed by atoms with E-state index >= 15 is 0 Å². The number of nitrogens with one attached hydrogen (secondary N) is 2. The maximum absolute atomic E-state index is 11.5. The van der Waals surface area contributed by atoms with Crippen LogP contribution in [0.2, 0.25) is 0 Å². The number of anilines is 1. The van der Waals surface area contributed by atoms with Crippen LogP contribution in [0.25, 0.3) is 0 Å². The molecular formula is C12H18N2O2. The van der Waals surface area contributed by atoms with Gasteiger partial charge in [-0.1, -0.05) is 6.92 Å². The van der Waals surface area contributed by atoms with Gasteiger partial charge in [-0.05, 0) is 43.7 Å². The van der Waals surface area contributed by atoms with E-state index < -0.39 is 0 Å². The molecule has 88 valence electrons. The molecule has 0 saturated heterocycles. The molecule has 1 aromatic carbocycles. The van der Waals surface area contributed by atoms with E-state index in [4.69, 9.17) is 0 Å². The van der Waals surface area contributed by atoms with Crippen molar-refractivity contribution < 1.29 is 9.90 Å². The van der Waals surface area contributed by atoms with Crippen LogP contribution in [0, 0.1) is 13.8 Å². The van der Waals surface area contributed by atoms with Gasteiger partial charge in [-0.25, -0.2) is 0 Å². The fourth-order valence-corrected chi connectivity index (χ4v) is 1.56. The van der Waals surface area contributed by atoms with Crippen LogP contribution in [0.15, 0.2) is 12.1 Å². The molecule has 4 nitrogen and oxygen atoms in total. The fourth-order valence-electron chi connectivity index (χ4n) is 1.56. The molecule has 16 heavy (non-hydrogen) atoms. The van der Waals surface area contributed by atoms with Crippen LogP contribution in [0.3, 0.4) is 0 Å². The standard InChI is InChI=1S/C12H18N2O2/c1-4-13-7-11(16)14-12-8(2)5-10(15)6-9(12)3/h5-6,13,15H,4,7H2,1-3H3,(H,14,16). The molecule has 4 heteroatoms. The normalized spacial score (nSPS) is 10.2. The van der Waals surface area contributed by atoms with Crippen molar-refractivity contribution in [1.82, 2.24) is 5.32 Å². The summed E-state index contributed by atoms with van der Waals surface area (Å²) in [6.45, 7) is 6.73. The third-order valence-electron chi connectivity index (χ3n) is 2.32. The molecule has 0 unspecified atom stereocenters. The Morgan fingerprint density at radius 1 is 1.31 bits per heavy atom. The van der Waals surface area contributed by atoms with Gasteiger partial charge in [0, 0.05) is 5.69 Å². The zero-order valence-electron chi connectivity index (χ0n) is 9.92. The molecule has 0 aliphatic carbocycles. The number of carbonyl (C=O) groups is 1. The molecule has 0 heterocycles. The minimum atomic E-state index is -0.0706. The Hall–Kier alpha value is -1.55. The molecule has 0 aliphatic rings. The number of amides is 1. The minimum absolute atomic E-state index is 0.0706. The van der Waals surface area contributed by atoms with Crippen molar-refractivity contribution in [1.29, 1.82) is 0 Å². The van der Waals surface area contributed by atoms with E-state index in [1.807, 2.05) is 20.8 Å². The summed E-state index contributed by atoms with van der Waals surface area (Å²) in [5.41, 5.74) is 2.51. The zero-order chi connectivity index (χ0) is 12.1. The lowest BCUT2D eigenvalue weighted by Crippen LogP contribution is -2.28. The summed E-state index contributed by atoms with van der Waals surface area (Å²) < 4.78 is 0. The molecule has 1 aromatic rings. The molecule has 1 rings (SSSR count). The first-order valence-electron chi connectivity index (χ1n) is 5.35. The second-order valence-electron chi connectivity index (χ2n) is 3.78. The molecule has 3 N–H and O–H groups in total. The van der Waals surface area contributed by atoms with Gasteiger partial charge in [-0.3, -0.25) is 4.79 Å². The summed E-state index contributed by atoms with van der Waals surface area (Å²) in [4.78, 5) is 11.5. The number of likely N-dealkylation sites (N-methyl/N-ethyl adjacent to an activating group) is 1. The first kappa shape index (κ1) is 12.5. The van der Waals surface area contributed by atoms with Crippen LogP contribution in [0.1, 0.15) is 18.1 Å². The van der Waals surface area contributed by atoms with Gasteiger partial charge in [-0.15, -0.1) is 0 Å². The third kappa shape index (κ3) is 3.24. The fraction of sp³-hybridized carbons (Fsp3) is 0.417. The summed E-state index contributed by atoms with van der Waals surface area (Å²) in [5, 5.41) is 15.2. The van der Waals surface area contributed by atoms with Crippen molar-refractivity contribution >= 4 is 11.6 Å². The van der Waals surface area contributed by atoms with Crippen molar-refractivity contribution in [2.45, 2.75) is 20.8 Å². The highest BCUT2D eigenvalue weighted by molar-refractivity contribution is 5.93. The van der Waals surface area contributed by atoms with Crippen LogP contribution in [0.5, 0.6) is 5.75 Å². The zero-order valence-corrected chi connectivity index (χ0v) is 9.92. The number of carbonyl (C=O) groups excluding carboxylic acids is 1. The Balaban J connectivity index is 2.77. The molecule has 0 aliphatic heterocycles. The predicted molar refractivity (Wildman–Crippen MR) is 64.8 cm³/mol. The molecule has 0 aromatic heterocycles. The summed E-state index contributed by atoms with van der Waals surface area (Å²) in [5.74, 6) is 0.151. The lowest BCUT2D eigenvalue weighted by Gasteiger charge is -2.12. The Morgan fingerprint density at radius 2 is 1.88 bits per heavy atom. The second-order valence-corrected chi connectivity index (χ2v) is 3.78. The topological polar surface area (TPSA) is 61.4 Å². The summed E-state index contributed by atoms with van der Waals surface area (Å²) in [6, 6.07) is 3.27. The van der Waals surface area contributed by atoms with E-state index in [0.29, 0.717) is 6.54 Å². The van der Waals surface area contributed by atoms with E-state index in [9.17, 15) is 9.90 Å². The van der Waals surface area contributed by atoms with Crippen LogP contribution >= 0.6 is 0 Å². The predicted octanol–water partition coefficient (Wildman–Crippen LogP) is 1.56. The highest BCUT2D eigenvalue weighted by atomic mass is 16.3. The molecule has 0 spiro atoms. The highest BCUT2D eigenvalue weighted by Gasteiger charge is 2.08. The maximum atomic E-state index is 11.5. The van der Waals surface area contributed by atoms with Crippen LogP contribution < -0.4 is 10.6 Å². The third-order valence-corrected chi connectivity index (χ3v) is 2.32. The number of hydrogen-bond acceptors (Lipinski definition) is 3. The first-order valence-corrected chi connectivity index (χ1v) is 5.35. The van der Waals surface area contributed by atoms with E-state index in [0.717, 1.165) is 23.4 Å². The van der Waals surface area contributed by atoms with Crippen molar-refractivity contribution in [2.24, 2.45) is 0 Å². The Morgan fingerprint density at radius 3 is 2.38 bits per heavy atom. The van der Waals surface area contributed by atoms with E-state index in [-0.39, 0.29) is 11.7 Å². The number of benzene rings is 1. The molecule has 0 bridgehead atoms. The molecule has 1 amide bonds. The first-order chi connectivity index (χ1) is 7.54. The number of phenols is 1. The summed E-state index contributed by atoms with van der Waals surface area (Å²) >= 11 is 0. The Labute approximate surface area is 95.7 Å². The van der Waals surface area contributed by atoms with Crippen LogP contribution in [0.4, 0.5) is 5.69 Å². The van der Waals surface area contributed by atoms with Gasteiger partial charge in [0.15, 0.2) is 0 Å². The number of aryl methyl sites for hydroxylation is 2. The minimum Gasteiger partial charge on any atom is -0.508 e. The molecule has 0 saturated carbocycles. The maximum Gasteiger partial charge on any atom is 0.238 e. The lowest BCUT2D eigenvalue weighted by atomic mass is 10.1. The van der Waals surface area contributed by atoms with E-state index in [1.165, 1.54) is 0 Å². The van der Waals surface area contributed by atoms with Crippen LogP contribution in [-0.4, -0.2) is 24.1 Å². The van der Waals surface area contributed by atoms with E-state index in [2.05, 4.69) is 10.6 Å². The van der Waals surface area contributed by atoms with Crippen molar-refractivity contribution in [3.05, 3.63) is 23.3 Å². The summed E-state index contributed by atoms with van der Waals surface area (Å²) in [6.07, 6.45) is 0. The highest BCUT2D eigenvalue weighted by Crippen LogP contribution is 2.25. The molecule has 0 fully saturated rings. The molecular weight excluding hydrogens is 204 g/mol. The Bertz CT molecular complexity index is 366.